The molecular formula is C20H15F2N3OS. The summed E-state index contributed by atoms with van der Waals surface area (Å²) in [7, 11) is 0. The molecule has 0 atom stereocenters. The Balaban J connectivity index is 1.58. The SMILES string of the molecule is O=C(Cc1cccs1)Nc1ccc(-c2nc3ccccc3n2C(F)F)cc1. The molecule has 27 heavy (non-hydrogen) atoms. The highest BCUT2D eigenvalue weighted by Gasteiger charge is 2.18. The molecule has 2 aromatic heterocycles. The van der Waals surface area contributed by atoms with Gasteiger partial charge in [-0.15, -0.1) is 11.3 Å². The summed E-state index contributed by atoms with van der Waals surface area (Å²) >= 11 is 1.52. The van der Waals surface area contributed by atoms with Crippen molar-refractivity contribution < 1.29 is 13.6 Å². The lowest BCUT2D eigenvalue weighted by Gasteiger charge is -2.09. The van der Waals surface area contributed by atoms with Crippen molar-refractivity contribution in [2.75, 3.05) is 5.32 Å². The Labute approximate surface area is 158 Å². The number of carbonyl (C=O) groups excluding carboxylic acids is 1. The van der Waals surface area contributed by atoms with Crippen LogP contribution in [0, 0.1) is 0 Å². The normalized spacial score (nSPS) is 11.2. The number of hydrogen-bond acceptors (Lipinski definition) is 3. The molecule has 0 saturated heterocycles. The molecule has 4 rings (SSSR count). The highest BCUT2D eigenvalue weighted by Crippen LogP contribution is 2.30. The molecular weight excluding hydrogens is 368 g/mol. The van der Waals surface area contributed by atoms with Crippen LogP contribution in [0.25, 0.3) is 22.4 Å². The maximum absolute atomic E-state index is 13.6. The molecule has 0 unspecified atom stereocenters. The molecule has 0 aliphatic carbocycles. The summed E-state index contributed by atoms with van der Waals surface area (Å²) in [4.78, 5) is 17.4. The number of benzene rings is 2. The van der Waals surface area contributed by atoms with Crippen molar-refractivity contribution in [1.29, 1.82) is 0 Å². The monoisotopic (exact) mass is 383 g/mol. The molecule has 0 radical (unpaired) electrons. The lowest BCUT2D eigenvalue weighted by atomic mass is 10.2. The molecule has 136 valence electrons. The first-order chi connectivity index (χ1) is 13.1. The van der Waals surface area contributed by atoms with Crippen molar-refractivity contribution >= 4 is 34.0 Å². The molecule has 0 spiro atoms. The van der Waals surface area contributed by atoms with Gasteiger partial charge in [0.15, 0.2) is 0 Å². The van der Waals surface area contributed by atoms with E-state index in [0.717, 1.165) is 9.44 Å². The van der Waals surface area contributed by atoms with E-state index in [0.29, 0.717) is 28.7 Å². The summed E-state index contributed by atoms with van der Waals surface area (Å²) in [5, 5.41) is 4.74. The van der Waals surface area contributed by atoms with Crippen LogP contribution in [0.3, 0.4) is 0 Å². The predicted octanol–water partition coefficient (Wildman–Crippen LogP) is 5.34. The van der Waals surface area contributed by atoms with Gasteiger partial charge in [-0.2, -0.15) is 8.78 Å². The van der Waals surface area contributed by atoms with E-state index in [2.05, 4.69) is 10.3 Å². The zero-order chi connectivity index (χ0) is 18.8. The van der Waals surface area contributed by atoms with Crippen LogP contribution in [-0.2, 0) is 11.2 Å². The largest absolute Gasteiger partial charge is 0.326 e. The van der Waals surface area contributed by atoms with Gasteiger partial charge in [0.05, 0.1) is 17.5 Å². The van der Waals surface area contributed by atoms with Gasteiger partial charge >= 0.3 is 6.55 Å². The van der Waals surface area contributed by atoms with Gasteiger partial charge in [0, 0.05) is 16.1 Å². The van der Waals surface area contributed by atoms with Crippen LogP contribution in [-0.4, -0.2) is 15.5 Å². The number of rotatable bonds is 5. The molecule has 0 saturated carbocycles. The minimum absolute atomic E-state index is 0.120. The van der Waals surface area contributed by atoms with Gasteiger partial charge in [-0.1, -0.05) is 18.2 Å². The van der Waals surface area contributed by atoms with Crippen LogP contribution in [0.15, 0.2) is 66.0 Å². The Kier molecular flexibility index (Phi) is 4.68. The van der Waals surface area contributed by atoms with E-state index in [1.54, 1.807) is 48.5 Å². The van der Waals surface area contributed by atoms with Crippen molar-refractivity contribution in [3.63, 3.8) is 0 Å². The van der Waals surface area contributed by atoms with Crippen molar-refractivity contribution in [2.24, 2.45) is 0 Å². The quantitative estimate of drug-likeness (QED) is 0.506. The molecule has 0 aliphatic heterocycles. The van der Waals surface area contributed by atoms with Gasteiger partial charge in [-0.25, -0.2) is 4.98 Å². The number of amides is 1. The molecule has 1 amide bonds. The maximum atomic E-state index is 13.6. The van der Waals surface area contributed by atoms with Gasteiger partial charge in [-0.05, 0) is 47.8 Å². The van der Waals surface area contributed by atoms with E-state index >= 15 is 0 Å². The Morgan fingerprint density at radius 2 is 1.85 bits per heavy atom. The van der Waals surface area contributed by atoms with Crippen LogP contribution in [0.2, 0.25) is 0 Å². The Hall–Kier alpha value is -3.06. The summed E-state index contributed by atoms with van der Waals surface area (Å²) in [6, 6.07) is 17.3. The highest BCUT2D eigenvalue weighted by atomic mass is 32.1. The zero-order valence-electron chi connectivity index (χ0n) is 14.1. The first kappa shape index (κ1) is 17.4. The van der Waals surface area contributed by atoms with E-state index in [1.165, 1.54) is 11.3 Å². The maximum Gasteiger partial charge on any atom is 0.320 e. The third-order valence-electron chi connectivity index (χ3n) is 4.13. The molecule has 4 aromatic rings. The van der Waals surface area contributed by atoms with Crippen LogP contribution in [0.5, 0.6) is 0 Å². The van der Waals surface area contributed by atoms with Crippen LogP contribution in [0.4, 0.5) is 14.5 Å². The molecule has 0 aliphatic rings. The topological polar surface area (TPSA) is 46.9 Å². The number of para-hydroxylation sites is 2. The first-order valence-electron chi connectivity index (χ1n) is 8.29. The third kappa shape index (κ3) is 3.59. The number of halogens is 2. The summed E-state index contributed by atoms with van der Waals surface area (Å²) in [5.41, 5.74) is 2.07. The number of aromatic nitrogens is 2. The molecule has 0 bridgehead atoms. The molecule has 7 heteroatoms. The number of carbonyl (C=O) groups is 1. The zero-order valence-corrected chi connectivity index (χ0v) is 14.9. The predicted molar refractivity (Wildman–Crippen MR) is 103 cm³/mol. The Bertz CT molecular complexity index is 1070. The second kappa shape index (κ2) is 7.28. The van der Waals surface area contributed by atoms with Crippen molar-refractivity contribution in [3.8, 4) is 11.4 Å². The molecule has 2 heterocycles. The van der Waals surface area contributed by atoms with Crippen LogP contribution < -0.4 is 5.32 Å². The number of thiophene rings is 1. The van der Waals surface area contributed by atoms with Crippen molar-refractivity contribution in [1.82, 2.24) is 9.55 Å². The highest BCUT2D eigenvalue weighted by molar-refractivity contribution is 7.10. The van der Waals surface area contributed by atoms with E-state index in [-0.39, 0.29) is 11.7 Å². The molecule has 0 fully saturated rings. The first-order valence-corrected chi connectivity index (χ1v) is 9.17. The number of fused-ring (bicyclic) bond motifs is 1. The fourth-order valence-corrected chi connectivity index (χ4v) is 3.63. The number of nitrogens with zero attached hydrogens (tertiary/aromatic N) is 2. The second-order valence-electron chi connectivity index (χ2n) is 5.95. The summed E-state index contributed by atoms with van der Waals surface area (Å²) in [5.74, 6) is 0.0766. The minimum atomic E-state index is -2.70. The molecule has 1 N–H and O–H groups in total. The smallest absolute Gasteiger partial charge is 0.320 e. The van der Waals surface area contributed by atoms with E-state index in [1.807, 2.05) is 17.5 Å². The fourth-order valence-electron chi connectivity index (χ4n) is 2.92. The average Bonchev–Trinajstić information content (AvgIpc) is 3.29. The van der Waals surface area contributed by atoms with Crippen molar-refractivity contribution in [2.45, 2.75) is 13.0 Å². The summed E-state index contributed by atoms with van der Waals surface area (Å²) in [6.07, 6.45) is 0.306. The minimum Gasteiger partial charge on any atom is -0.326 e. The summed E-state index contributed by atoms with van der Waals surface area (Å²) in [6.45, 7) is -2.70. The summed E-state index contributed by atoms with van der Waals surface area (Å²) < 4.78 is 28.1. The number of imidazole rings is 1. The fraction of sp³-hybridized carbons (Fsp3) is 0.100. The Morgan fingerprint density at radius 1 is 1.07 bits per heavy atom. The average molecular weight is 383 g/mol. The number of nitrogens with one attached hydrogen (secondary N) is 1. The van der Waals surface area contributed by atoms with E-state index in [9.17, 15) is 13.6 Å². The van der Waals surface area contributed by atoms with Crippen LogP contribution >= 0.6 is 11.3 Å². The lowest BCUT2D eigenvalue weighted by Crippen LogP contribution is -2.13. The Morgan fingerprint density at radius 3 is 2.56 bits per heavy atom. The van der Waals surface area contributed by atoms with E-state index in [4.69, 9.17) is 0 Å². The molecule has 4 nitrogen and oxygen atoms in total. The molecule has 2 aromatic carbocycles. The van der Waals surface area contributed by atoms with Gasteiger partial charge in [0.25, 0.3) is 0 Å². The second-order valence-corrected chi connectivity index (χ2v) is 6.99. The number of alkyl halides is 2. The van der Waals surface area contributed by atoms with Gasteiger partial charge in [0.1, 0.15) is 5.82 Å². The number of anilines is 1. The van der Waals surface area contributed by atoms with Crippen molar-refractivity contribution in [3.05, 3.63) is 70.9 Å². The van der Waals surface area contributed by atoms with E-state index < -0.39 is 6.55 Å². The van der Waals surface area contributed by atoms with Gasteiger partial charge in [-0.3, -0.25) is 9.36 Å². The van der Waals surface area contributed by atoms with Crippen LogP contribution in [0.1, 0.15) is 11.4 Å². The van der Waals surface area contributed by atoms with Gasteiger partial charge < -0.3 is 5.32 Å². The number of hydrogen-bond donors (Lipinski definition) is 1. The standard InChI is InChI=1S/C20H15F2N3OS/c21-20(22)25-17-6-2-1-5-16(17)24-19(25)13-7-9-14(10-8-13)23-18(26)12-15-4-3-11-27-15/h1-11,20H,12H2,(H,23,26). The third-order valence-corrected chi connectivity index (χ3v) is 5.01. The lowest BCUT2D eigenvalue weighted by molar-refractivity contribution is -0.115. The van der Waals surface area contributed by atoms with Gasteiger partial charge in [0.2, 0.25) is 5.91 Å².